The van der Waals surface area contributed by atoms with Crippen LogP contribution in [0.4, 0.5) is 5.69 Å². The smallest absolute Gasteiger partial charge is 0.122 e. The Labute approximate surface area is 54.1 Å². The van der Waals surface area contributed by atoms with E-state index in [1.165, 1.54) is 12.1 Å². The van der Waals surface area contributed by atoms with Crippen molar-refractivity contribution in [1.29, 1.82) is 0 Å². The van der Waals surface area contributed by atoms with E-state index in [-0.39, 0.29) is 5.75 Å². The highest BCUT2D eigenvalue weighted by atomic mass is 16.3. The SMILES string of the molecule is [C]Nc1ccc(O)cc1. The summed E-state index contributed by atoms with van der Waals surface area (Å²) in [6.45, 7) is 0. The lowest BCUT2D eigenvalue weighted by molar-refractivity contribution is 0.475. The van der Waals surface area contributed by atoms with Crippen LogP contribution in [0.5, 0.6) is 5.75 Å². The lowest BCUT2D eigenvalue weighted by Crippen LogP contribution is -1.81. The van der Waals surface area contributed by atoms with Crippen LogP contribution < -0.4 is 5.32 Å². The number of hydrogen-bond donors (Lipinski definition) is 2. The van der Waals surface area contributed by atoms with Gasteiger partial charge in [0, 0.05) is 5.69 Å². The maximum Gasteiger partial charge on any atom is 0.122 e. The molecular formula is C7H6NO. The van der Waals surface area contributed by atoms with Crippen LogP contribution in [0.1, 0.15) is 0 Å². The molecule has 1 rings (SSSR count). The van der Waals surface area contributed by atoms with Crippen molar-refractivity contribution in [1.82, 2.24) is 0 Å². The molecule has 0 bridgehead atoms. The molecule has 2 nitrogen and oxygen atoms in total. The van der Waals surface area contributed by atoms with Crippen LogP contribution in [0, 0.1) is 7.05 Å². The molecule has 3 radical (unpaired) electrons. The Hall–Kier alpha value is -1.18. The van der Waals surface area contributed by atoms with Crippen LogP contribution in [0.2, 0.25) is 0 Å². The third kappa shape index (κ3) is 1.35. The van der Waals surface area contributed by atoms with Gasteiger partial charge in [-0.05, 0) is 24.3 Å². The molecular weight excluding hydrogens is 114 g/mol. The highest BCUT2D eigenvalue weighted by Gasteiger charge is 1.86. The lowest BCUT2D eigenvalue weighted by atomic mass is 10.3. The van der Waals surface area contributed by atoms with Gasteiger partial charge in [-0.2, -0.15) is 0 Å². The van der Waals surface area contributed by atoms with E-state index in [0.29, 0.717) is 5.69 Å². The van der Waals surface area contributed by atoms with Crippen molar-refractivity contribution in [2.45, 2.75) is 0 Å². The molecule has 1 aromatic carbocycles. The average Bonchev–Trinajstić information content (AvgIpc) is 1.90. The van der Waals surface area contributed by atoms with Crippen LogP contribution in [-0.2, 0) is 0 Å². The molecule has 0 saturated carbocycles. The Balaban J connectivity index is 2.88. The Kier molecular flexibility index (Phi) is 1.58. The van der Waals surface area contributed by atoms with Crippen LogP contribution in [-0.4, -0.2) is 5.11 Å². The number of nitrogens with one attached hydrogen (secondary N) is 1. The Morgan fingerprint density at radius 1 is 1.22 bits per heavy atom. The molecule has 0 saturated heterocycles. The van der Waals surface area contributed by atoms with Crippen LogP contribution in [0.3, 0.4) is 0 Å². The predicted molar refractivity (Wildman–Crippen MR) is 35.0 cm³/mol. The van der Waals surface area contributed by atoms with Gasteiger partial charge >= 0.3 is 0 Å². The lowest BCUT2D eigenvalue weighted by Gasteiger charge is -1.95. The summed E-state index contributed by atoms with van der Waals surface area (Å²) >= 11 is 0. The molecule has 0 heterocycles. The molecule has 0 aromatic heterocycles. The van der Waals surface area contributed by atoms with Gasteiger partial charge in [0.1, 0.15) is 12.8 Å². The first-order chi connectivity index (χ1) is 4.33. The number of phenolic OH excluding ortho intramolecular Hbond substituents is 1. The zero-order valence-corrected chi connectivity index (χ0v) is 4.76. The second-order valence-electron chi connectivity index (χ2n) is 1.67. The van der Waals surface area contributed by atoms with Gasteiger partial charge in [-0.15, -0.1) is 0 Å². The standard InChI is InChI=1S/C7H6NO/c1-8-6-2-4-7(9)5-3-6/h2-5,8-9H. The molecule has 2 heteroatoms. The van der Waals surface area contributed by atoms with Gasteiger partial charge in [0.15, 0.2) is 0 Å². The van der Waals surface area contributed by atoms with Crippen molar-refractivity contribution in [3.05, 3.63) is 31.3 Å². The molecule has 0 aliphatic heterocycles. The van der Waals surface area contributed by atoms with Crippen molar-refractivity contribution in [3.8, 4) is 5.75 Å². The number of benzene rings is 1. The fourth-order valence-electron chi connectivity index (χ4n) is 0.545. The Bertz CT molecular complexity index is 181. The van der Waals surface area contributed by atoms with E-state index < -0.39 is 0 Å². The number of rotatable bonds is 1. The third-order valence-corrected chi connectivity index (χ3v) is 1.01. The van der Waals surface area contributed by atoms with Gasteiger partial charge < -0.3 is 10.4 Å². The first-order valence-corrected chi connectivity index (χ1v) is 2.54. The fourth-order valence-corrected chi connectivity index (χ4v) is 0.545. The van der Waals surface area contributed by atoms with Crippen LogP contribution >= 0.6 is 0 Å². The van der Waals surface area contributed by atoms with E-state index in [0.717, 1.165) is 0 Å². The minimum Gasteiger partial charge on any atom is -0.508 e. The summed E-state index contributed by atoms with van der Waals surface area (Å²) in [5.41, 5.74) is 0.674. The summed E-state index contributed by atoms with van der Waals surface area (Å²) in [5, 5.41) is 11.0. The minimum atomic E-state index is 0.217. The second-order valence-corrected chi connectivity index (χ2v) is 1.67. The van der Waals surface area contributed by atoms with Gasteiger partial charge in [-0.25, -0.2) is 0 Å². The van der Waals surface area contributed by atoms with Gasteiger partial charge in [-0.3, -0.25) is 0 Å². The molecule has 9 heavy (non-hydrogen) atoms. The Morgan fingerprint density at radius 3 is 2.22 bits per heavy atom. The number of hydrogen-bond acceptors (Lipinski definition) is 2. The number of anilines is 1. The van der Waals surface area contributed by atoms with Gasteiger partial charge in [-0.1, -0.05) is 0 Å². The van der Waals surface area contributed by atoms with E-state index in [9.17, 15) is 0 Å². The Morgan fingerprint density at radius 2 is 1.78 bits per heavy atom. The highest BCUT2D eigenvalue weighted by molar-refractivity contribution is 5.45. The molecule has 2 N–H and O–H groups in total. The van der Waals surface area contributed by atoms with Crippen molar-refractivity contribution in [2.24, 2.45) is 0 Å². The third-order valence-electron chi connectivity index (χ3n) is 1.01. The number of phenols is 1. The summed E-state index contributed by atoms with van der Waals surface area (Å²) < 4.78 is 0. The second kappa shape index (κ2) is 2.40. The summed E-state index contributed by atoms with van der Waals surface area (Å²) in [6.07, 6.45) is 0. The van der Waals surface area contributed by atoms with E-state index in [1.54, 1.807) is 12.1 Å². The van der Waals surface area contributed by atoms with Crippen molar-refractivity contribution >= 4 is 5.69 Å². The molecule has 0 atom stereocenters. The van der Waals surface area contributed by atoms with E-state index in [4.69, 9.17) is 12.2 Å². The average molecular weight is 120 g/mol. The summed E-state index contributed by atoms with van der Waals surface area (Å²) in [7, 11) is 6.68. The molecule has 0 aliphatic carbocycles. The normalized spacial score (nSPS) is 9.00. The number of aromatic hydroxyl groups is 1. The van der Waals surface area contributed by atoms with E-state index >= 15 is 0 Å². The van der Waals surface area contributed by atoms with Crippen LogP contribution in [0.25, 0.3) is 0 Å². The van der Waals surface area contributed by atoms with Crippen LogP contribution in [0.15, 0.2) is 24.3 Å². The molecule has 0 unspecified atom stereocenters. The molecule has 1 aromatic rings. The highest BCUT2D eigenvalue weighted by Crippen LogP contribution is 2.12. The van der Waals surface area contributed by atoms with Gasteiger partial charge in [0.2, 0.25) is 0 Å². The van der Waals surface area contributed by atoms with Gasteiger partial charge in [0.25, 0.3) is 0 Å². The topological polar surface area (TPSA) is 32.3 Å². The maximum atomic E-state index is 8.76. The van der Waals surface area contributed by atoms with Crippen molar-refractivity contribution in [3.63, 3.8) is 0 Å². The largest absolute Gasteiger partial charge is 0.508 e. The van der Waals surface area contributed by atoms with Crippen molar-refractivity contribution < 1.29 is 5.11 Å². The molecule has 45 valence electrons. The molecule has 0 fully saturated rings. The quantitative estimate of drug-likeness (QED) is 0.548. The molecule has 0 aliphatic rings. The summed E-state index contributed by atoms with van der Waals surface area (Å²) in [5.74, 6) is 0.217. The molecule has 0 spiro atoms. The molecule has 0 amide bonds. The zero-order chi connectivity index (χ0) is 6.69. The van der Waals surface area contributed by atoms with E-state index in [2.05, 4.69) is 5.32 Å². The van der Waals surface area contributed by atoms with E-state index in [1.807, 2.05) is 0 Å². The maximum absolute atomic E-state index is 8.76. The summed E-state index contributed by atoms with van der Waals surface area (Å²) in [6, 6.07) is 6.30. The predicted octanol–water partition coefficient (Wildman–Crippen LogP) is 1.35. The first kappa shape index (κ1) is 5.95. The summed E-state index contributed by atoms with van der Waals surface area (Å²) in [4.78, 5) is 0. The minimum absolute atomic E-state index is 0.217. The zero-order valence-electron chi connectivity index (χ0n) is 4.76. The first-order valence-electron chi connectivity index (χ1n) is 2.54. The monoisotopic (exact) mass is 120 g/mol. The van der Waals surface area contributed by atoms with Crippen molar-refractivity contribution in [2.75, 3.05) is 5.32 Å². The fraction of sp³-hybridized carbons (Fsp3) is 0. The van der Waals surface area contributed by atoms with Gasteiger partial charge in [0.05, 0.1) is 0 Å².